The van der Waals surface area contributed by atoms with Gasteiger partial charge in [0.15, 0.2) is 0 Å². The molecule has 5 nitrogen and oxygen atoms in total. The molecule has 1 aromatic heterocycles. The summed E-state index contributed by atoms with van der Waals surface area (Å²) in [5.41, 5.74) is 3.46. The number of benzene rings is 2. The Labute approximate surface area is 141 Å². The molecule has 0 saturated heterocycles. The Morgan fingerprint density at radius 1 is 1.12 bits per heavy atom. The van der Waals surface area contributed by atoms with E-state index in [9.17, 15) is 9.32 Å². The van der Waals surface area contributed by atoms with E-state index in [2.05, 4.69) is 14.7 Å². The van der Waals surface area contributed by atoms with E-state index < -0.39 is 9.73 Å². The Hall–Kier alpha value is -2.60. The van der Waals surface area contributed by atoms with Gasteiger partial charge in [0.25, 0.3) is 0 Å². The number of fused-ring (bicyclic) bond motifs is 1. The highest BCUT2D eigenvalue weighted by molar-refractivity contribution is 7.93. The maximum Gasteiger partial charge on any atom is 0.117 e. The van der Waals surface area contributed by atoms with Crippen molar-refractivity contribution in [3.63, 3.8) is 0 Å². The minimum Gasteiger partial charge on any atom is -0.508 e. The quantitative estimate of drug-likeness (QED) is 0.753. The van der Waals surface area contributed by atoms with Gasteiger partial charge in [0.05, 0.1) is 15.2 Å². The van der Waals surface area contributed by atoms with Gasteiger partial charge in [-0.2, -0.15) is 0 Å². The smallest absolute Gasteiger partial charge is 0.117 e. The number of aryl methyl sites for hydroxylation is 1. The number of nitrogens with zero attached hydrogens (tertiary/aromatic N) is 2. The Balaban J connectivity index is 2.16. The van der Waals surface area contributed by atoms with Crippen LogP contribution in [0.4, 0.5) is 11.4 Å². The SMILES string of the molecule is CN=S(C)(=O)c1ccc2nccc(Nc3cc(O)ccc3C)c2c1. The second-order valence-corrected chi connectivity index (χ2v) is 8.09. The van der Waals surface area contributed by atoms with Crippen molar-refractivity contribution in [1.29, 1.82) is 0 Å². The van der Waals surface area contributed by atoms with Crippen LogP contribution in [0.1, 0.15) is 5.56 Å². The molecule has 0 aliphatic rings. The van der Waals surface area contributed by atoms with Gasteiger partial charge in [0.1, 0.15) is 5.75 Å². The summed E-state index contributed by atoms with van der Waals surface area (Å²) in [6, 6.07) is 12.5. The summed E-state index contributed by atoms with van der Waals surface area (Å²) in [5.74, 6) is 0.198. The van der Waals surface area contributed by atoms with E-state index >= 15 is 0 Å². The normalized spacial score (nSPS) is 13.5. The van der Waals surface area contributed by atoms with Crippen LogP contribution in [0.5, 0.6) is 5.75 Å². The highest BCUT2D eigenvalue weighted by atomic mass is 32.2. The predicted molar refractivity (Wildman–Crippen MR) is 98.6 cm³/mol. The largest absolute Gasteiger partial charge is 0.508 e. The molecule has 1 heterocycles. The van der Waals surface area contributed by atoms with Gasteiger partial charge < -0.3 is 10.4 Å². The van der Waals surface area contributed by atoms with E-state index in [1.807, 2.05) is 31.2 Å². The van der Waals surface area contributed by atoms with Gasteiger partial charge in [-0.1, -0.05) is 6.07 Å². The minimum absolute atomic E-state index is 0.198. The van der Waals surface area contributed by atoms with E-state index in [-0.39, 0.29) is 5.75 Å². The van der Waals surface area contributed by atoms with E-state index in [1.165, 1.54) is 0 Å². The molecule has 1 unspecified atom stereocenters. The van der Waals surface area contributed by atoms with Crippen LogP contribution in [0.3, 0.4) is 0 Å². The van der Waals surface area contributed by atoms with Gasteiger partial charge in [-0.15, -0.1) is 0 Å². The lowest BCUT2D eigenvalue weighted by Gasteiger charge is -2.13. The zero-order valence-corrected chi connectivity index (χ0v) is 14.6. The molecule has 0 bridgehead atoms. The van der Waals surface area contributed by atoms with Gasteiger partial charge in [0.2, 0.25) is 0 Å². The van der Waals surface area contributed by atoms with Crippen molar-refractivity contribution in [3.8, 4) is 5.75 Å². The summed E-state index contributed by atoms with van der Waals surface area (Å²) >= 11 is 0. The van der Waals surface area contributed by atoms with E-state index in [1.54, 1.807) is 37.7 Å². The Morgan fingerprint density at radius 2 is 1.92 bits per heavy atom. The molecule has 0 fully saturated rings. The first-order valence-corrected chi connectivity index (χ1v) is 9.39. The molecule has 2 N–H and O–H groups in total. The topological polar surface area (TPSA) is 74.6 Å². The van der Waals surface area contributed by atoms with Crippen molar-refractivity contribution in [1.82, 2.24) is 4.98 Å². The van der Waals surface area contributed by atoms with E-state index in [4.69, 9.17) is 0 Å². The van der Waals surface area contributed by atoms with Crippen LogP contribution >= 0.6 is 0 Å². The van der Waals surface area contributed by atoms with Gasteiger partial charge in [0, 0.05) is 47.2 Å². The standard InChI is InChI=1S/C18H19N3O2S/c1-12-4-5-13(22)10-18(12)21-17-8-9-20-16-7-6-14(11-15(16)17)24(3,23)19-2/h4-11,22H,1-3H3,(H,20,21). The summed E-state index contributed by atoms with van der Waals surface area (Å²) in [6.45, 7) is 1.96. The lowest BCUT2D eigenvalue weighted by Crippen LogP contribution is -1.99. The third-order valence-electron chi connectivity index (χ3n) is 3.99. The fourth-order valence-electron chi connectivity index (χ4n) is 2.47. The number of rotatable bonds is 3. The first kappa shape index (κ1) is 16.3. The fraction of sp³-hybridized carbons (Fsp3) is 0.167. The molecule has 0 aliphatic heterocycles. The van der Waals surface area contributed by atoms with Crippen LogP contribution in [0.2, 0.25) is 0 Å². The highest BCUT2D eigenvalue weighted by Gasteiger charge is 2.10. The average Bonchev–Trinajstić information content (AvgIpc) is 2.58. The summed E-state index contributed by atoms with van der Waals surface area (Å²) in [7, 11) is -0.854. The molecule has 0 amide bonds. The Morgan fingerprint density at radius 3 is 2.67 bits per heavy atom. The van der Waals surface area contributed by atoms with Crippen molar-refractivity contribution in [2.24, 2.45) is 4.36 Å². The molecular formula is C18H19N3O2S. The van der Waals surface area contributed by atoms with Crippen LogP contribution in [0.25, 0.3) is 10.9 Å². The zero-order chi connectivity index (χ0) is 17.3. The number of aromatic hydroxyl groups is 1. The molecule has 0 radical (unpaired) electrons. The number of anilines is 2. The maximum absolute atomic E-state index is 12.5. The summed E-state index contributed by atoms with van der Waals surface area (Å²) in [5, 5.41) is 13.9. The number of phenolic OH excluding ortho intramolecular Hbond substituents is 1. The molecule has 0 aliphatic carbocycles. The lowest BCUT2D eigenvalue weighted by atomic mass is 10.1. The number of hydrogen-bond acceptors (Lipinski definition) is 5. The molecule has 0 saturated carbocycles. The van der Waals surface area contributed by atoms with Gasteiger partial charge >= 0.3 is 0 Å². The number of hydrogen-bond donors (Lipinski definition) is 2. The molecule has 124 valence electrons. The Kier molecular flexibility index (Phi) is 4.15. The molecule has 1 atom stereocenters. The van der Waals surface area contributed by atoms with Crippen LogP contribution in [0.15, 0.2) is 57.9 Å². The Bertz CT molecular complexity index is 1040. The van der Waals surface area contributed by atoms with Crippen molar-refractivity contribution >= 4 is 32.0 Å². The first-order valence-electron chi connectivity index (χ1n) is 7.46. The fourth-order valence-corrected chi connectivity index (χ4v) is 3.33. The second-order valence-electron chi connectivity index (χ2n) is 5.65. The zero-order valence-electron chi connectivity index (χ0n) is 13.8. The van der Waals surface area contributed by atoms with E-state index in [0.29, 0.717) is 4.90 Å². The molecule has 24 heavy (non-hydrogen) atoms. The molecule has 3 aromatic rings. The van der Waals surface area contributed by atoms with Gasteiger partial charge in [-0.25, -0.2) is 8.57 Å². The molecular weight excluding hydrogens is 322 g/mol. The number of pyridine rings is 1. The van der Waals surface area contributed by atoms with Crippen LogP contribution in [-0.4, -0.2) is 27.6 Å². The van der Waals surface area contributed by atoms with Crippen LogP contribution < -0.4 is 5.32 Å². The molecule has 6 heteroatoms. The molecule has 0 spiro atoms. The lowest BCUT2D eigenvalue weighted by molar-refractivity contribution is 0.475. The van der Waals surface area contributed by atoms with Crippen LogP contribution in [0, 0.1) is 6.92 Å². The molecule has 2 aromatic carbocycles. The first-order chi connectivity index (χ1) is 11.4. The average molecular weight is 341 g/mol. The number of phenols is 1. The third-order valence-corrected chi connectivity index (χ3v) is 5.81. The van der Waals surface area contributed by atoms with Crippen molar-refractivity contribution in [2.75, 3.05) is 18.6 Å². The monoisotopic (exact) mass is 341 g/mol. The third kappa shape index (κ3) is 3.05. The van der Waals surface area contributed by atoms with Crippen molar-refractivity contribution in [2.45, 2.75) is 11.8 Å². The van der Waals surface area contributed by atoms with Crippen LogP contribution in [-0.2, 0) is 9.73 Å². The number of nitrogens with one attached hydrogen (secondary N) is 1. The number of aromatic nitrogens is 1. The minimum atomic E-state index is -2.41. The summed E-state index contributed by atoms with van der Waals surface area (Å²) in [6.07, 6.45) is 3.34. The highest BCUT2D eigenvalue weighted by Crippen LogP contribution is 2.30. The maximum atomic E-state index is 12.5. The van der Waals surface area contributed by atoms with Crippen molar-refractivity contribution in [3.05, 3.63) is 54.2 Å². The summed E-state index contributed by atoms with van der Waals surface area (Å²) < 4.78 is 16.5. The van der Waals surface area contributed by atoms with Crippen molar-refractivity contribution < 1.29 is 9.32 Å². The second kappa shape index (κ2) is 6.13. The summed E-state index contributed by atoms with van der Waals surface area (Å²) in [4.78, 5) is 5.03. The van der Waals surface area contributed by atoms with Gasteiger partial charge in [-0.05, 0) is 42.8 Å². The van der Waals surface area contributed by atoms with Gasteiger partial charge in [-0.3, -0.25) is 4.98 Å². The predicted octanol–water partition coefficient (Wildman–Crippen LogP) is 4.08. The van der Waals surface area contributed by atoms with E-state index in [0.717, 1.165) is 27.8 Å². The molecule has 3 rings (SSSR count).